The summed E-state index contributed by atoms with van der Waals surface area (Å²) in [6.07, 6.45) is 4.07. The molecule has 1 amide bonds. The van der Waals surface area contributed by atoms with Gasteiger partial charge in [0, 0.05) is 18.3 Å². The second kappa shape index (κ2) is 6.61. The highest BCUT2D eigenvalue weighted by Crippen LogP contribution is 2.20. The third-order valence-electron chi connectivity index (χ3n) is 3.53. The Labute approximate surface area is 138 Å². The van der Waals surface area contributed by atoms with Crippen LogP contribution in [0.4, 0.5) is 0 Å². The van der Waals surface area contributed by atoms with Crippen molar-refractivity contribution in [3.8, 4) is 17.3 Å². The van der Waals surface area contributed by atoms with Gasteiger partial charge in [-0.2, -0.15) is 10.1 Å². The normalized spacial score (nSPS) is 10.8. The topological polar surface area (TPSA) is 98.7 Å². The number of aromatic nitrogens is 5. The lowest BCUT2D eigenvalue weighted by molar-refractivity contribution is 0.0953. The molecule has 0 atom stereocenters. The number of pyridine rings is 1. The Morgan fingerprint density at radius 3 is 2.92 bits per heavy atom. The molecule has 0 unspecified atom stereocenters. The van der Waals surface area contributed by atoms with Gasteiger partial charge in [-0.05, 0) is 32.4 Å². The van der Waals surface area contributed by atoms with Gasteiger partial charge in [0.15, 0.2) is 11.6 Å². The molecular weight excluding hydrogens is 308 g/mol. The zero-order valence-electron chi connectivity index (χ0n) is 13.8. The Kier molecular flexibility index (Phi) is 4.37. The zero-order valence-corrected chi connectivity index (χ0v) is 13.8. The monoisotopic (exact) mass is 326 g/mol. The van der Waals surface area contributed by atoms with Crippen LogP contribution in [0, 0.1) is 13.8 Å². The number of carbonyl (C=O) groups excluding carboxylic acids is 1. The maximum atomic E-state index is 12.1. The van der Waals surface area contributed by atoms with Crippen molar-refractivity contribution >= 4 is 5.91 Å². The van der Waals surface area contributed by atoms with E-state index in [1.165, 1.54) is 0 Å². The van der Waals surface area contributed by atoms with Gasteiger partial charge in [-0.25, -0.2) is 9.67 Å². The van der Waals surface area contributed by atoms with Crippen molar-refractivity contribution in [2.24, 2.45) is 0 Å². The number of carbonyl (C=O) groups is 1. The van der Waals surface area contributed by atoms with E-state index in [0.29, 0.717) is 29.6 Å². The lowest BCUT2D eigenvalue weighted by Gasteiger charge is -2.06. The standard InChI is InChI=1S/C16H18N6O2/c1-4-6-18-15(23)13-9-19-22(10(13)2)14-8-12(5-7-17-14)16-20-11(3)21-24-16/h5,7-9H,4,6H2,1-3H3,(H,18,23). The highest BCUT2D eigenvalue weighted by Gasteiger charge is 2.16. The molecule has 3 rings (SSSR count). The summed E-state index contributed by atoms with van der Waals surface area (Å²) in [6.45, 7) is 6.23. The minimum Gasteiger partial charge on any atom is -0.352 e. The molecule has 3 heterocycles. The van der Waals surface area contributed by atoms with E-state index in [4.69, 9.17) is 4.52 Å². The Morgan fingerprint density at radius 2 is 2.21 bits per heavy atom. The molecule has 3 aromatic rings. The number of hydrogen-bond acceptors (Lipinski definition) is 6. The number of aryl methyl sites for hydroxylation is 1. The molecule has 3 aromatic heterocycles. The van der Waals surface area contributed by atoms with Crippen LogP contribution in [0.1, 0.15) is 35.2 Å². The van der Waals surface area contributed by atoms with E-state index in [2.05, 4.69) is 25.5 Å². The summed E-state index contributed by atoms with van der Waals surface area (Å²) < 4.78 is 6.80. The van der Waals surface area contributed by atoms with Gasteiger partial charge in [-0.15, -0.1) is 0 Å². The quantitative estimate of drug-likeness (QED) is 0.770. The molecule has 0 fully saturated rings. The van der Waals surface area contributed by atoms with Crippen LogP contribution in [0.5, 0.6) is 0 Å². The zero-order chi connectivity index (χ0) is 17.1. The second-order valence-corrected chi connectivity index (χ2v) is 5.36. The first kappa shape index (κ1) is 15.9. The number of nitrogens with zero attached hydrogens (tertiary/aromatic N) is 5. The van der Waals surface area contributed by atoms with E-state index >= 15 is 0 Å². The van der Waals surface area contributed by atoms with Crippen LogP contribution in [0.15, 0.2) is 29.0 Å². The Bertz CT molecular complexity index is 867. The predicted molar refractivity (Wildman–Crippen MR) is 86.7 cm³/mol. The van der Waals surface area contributed by atoms with E-state index < -0.39 is 0 Å². The second-order valence-electron chi connectivity index (χ2n) is 5.36. The SMILES string of the molecule is CCCNC(=O)c1cnn(-c2cc(-c3nc(C)no3)ccn2)c1C. The van der Waals surface area contributed by atoms with Gasteiger partial charge >= 0.3 is 0 Å². The van der Waals surface area contributed by atoms with E-state index in [1.54, 1.807) is 36.1 Å². The summed E-state index contributed by atoms with van der Waals surface area (Å²) in [6, 6.07) is 3.57. The van der Waals surface area contributed by atoms with Crippen molar-refractivity contribution in [2.45, 2.75) is 27.2 Å². The van der Waals surface area contributed by atoms with Crippen molar-refractivity contribution < 1.29 is 9.32 Å². The Hall–Kier alpha value is -3.03. The van der Waals surface area contributed by atoms with Crippen molar-refractivity contribution in [2.75, 3.05) is 6.54 Å². The summed E-state index contributed by atoms with van der Waals surface area (Å²) >= 11 is 0. The Morgan fingerprint density at radius 1 is 1.38 bits per heavy atom. The fraction of sp³-hybridized carbons (Fsp3) is 0.312. The molecular formula is C16H18N6O2. The van der Waals surface area contributed by atoms with Crippen molar-refractivity contribution in [1.82, 2.24) is 30.2 Å². The third-order valence-corrected chi connectivity index (χ3v) is 3.53. The maximum absolute atomic E-state index is 12.1. The maximum Gasteiger partial charge on any atom is 0.258 e. The fourth-order valence-corrected chi connectivity index (χ4v) is 2.28. The third kappa shape index (κ3) is 3.03. The molecule has 24 heavy (non-hydrogen) atoms. The summed E-state index contributed by atoms with van der Waals surface area (Å²) in [7, 11) is 0. The molecule has 0 radical (unpaired) electrons. The van der Waals surface area contributed by atoms with Crippen LogP contribution in [0.2, 0.25) is 0 Å². The van der Waals surface area contributed by atoms with Crippen LogP contribution in [-0.2, 0) is 0 Å². The van der Waals surface area contributed by atoms with Gasteiger partial charge in [0.25, 0.3) is 11.8 Å². The van der Waals surface area contributed by atoms with Gasteiger partial charge in [-0.1, -0.05) is 12.1 Å². The summed E-state index contributed by atoms with van der Waals surface area (Å²) in [5.74, 6) is 1.43. The van der Waals surface area contributed by atoms with Crippen molar-refractivity contribution in [1.29, 1.82) is 0 Å². The molecule has 0 saturated heterocycles. The fourth-order valence-electron chi connectivity index (χ4n) is 2.28. The van der Waals surface area contributed by atoms with E-state index in [0.717, 1.165) is 17.7 Å². The average molecular weight is 326 g/mol. The number of nitrogens with one attached hydrogen (secondary N) is 1. The number of rotatable bonds is 5. The molecule has 0 aliphatic carbocycles. The van der Waals surface area contributed by atoms with Gasteiger partial charge in [0.1, 0.15) is 0 Å². The van der Waals surface area contributed by atoms with Crippen molar-refractivity contribution in [3.05, 3.63) is 41.6 Å². The van der Waals surface area contributed by atoms with E-state index in [-0.39, 0.29) is 5.91 Å². The molecule has 0 aliphatic heterocycles. The summed E-state index contributed by atoms with van der Waals surface area (Å²) in [4.78, 5) is 20.7. The number of hydrogen-bond donors (Lipinski definition) is 1. The first-order valence-corrected chi connectivity index (χ1v) is 7.70. The average Bonchev–Trinajstić information content (AvgIpc) is 3.19. The molecule has 0 spiro atoms. The smallest absolute Gasteiger partial charge is 0.258 e. The lowest BCUT2D eigenvalue weighted by Crippen LogP contribution is -2.24. The molecule has 8 heteroatoms. The van der Waals surface area contributed by atoms with E-state index in [9.17, 15) is 4.79 Å². The highest BCUT2D eigenvalue weighted by molar-refractivity contribution is 5.95. The summed E-state index contributed by atoms with van der Waals surface area (Å²) in [5.41, 5.74) is 1.99. The number of amides is 1. The first-order valence-electron chi connectivity index (χ1n) is 7.70. The largest absolute Gasteiger partial charge is 0.352 e. The lowest BCUT2D eigenvalue weighted by atomic mass is 10.2. The molecule has 0 saturated carbocycles. The first-order chi connectivity index (χ1) is 11.6. The van der Waals surface area contributed by atoms with Crippen LogP contribution < -0.4 is 5.32 Å². The summed E-state index contributed by atoms with van der Waals surface area (Å²) in [5, 5.41) is 10.9. The van der Waals surface area contributed by atoms with Gasteiger partial charge in [-0.3, -0.25) is 4.79 Å². The minimum atomic E-state index is -0.135. The predicted octanol–water partition coefficient (Wildman–Crippen LogP) is 2.07. The van der Waals surface area contributed by atoms with Crippen LogP contribution in [0.25, 0.3) is 17.3 Å². The molecule has 8 nitrogen and oxygen atoms in total. The molecule has 0 aliphatic rings. The minimum absolute atomic E-state index is 0.135. The van der Waals surface area contributed by atoms with Crippen LogP contribution >= 0.6 is 0 Å². The van der Waals surface area contributed by atoms with Crippen molar-refractivity contribution in [3.63, 3.8) is 0 Å². The Balaban J connectivity index is 1.93. The van der Waals surface area contributed by atoms with Gasteiger partial charge < -0.3 is 9.84 Å². The van der Waals surface area contributed by atoms with Gasteiger partial charge in [0.05, 0.1) is 17.5 Å². The van der Waals surface area contributed by atoms with Crippen LogP contribution in [0.3, 0.4) is 0 Å². The van der Waals surface area contributed by atoms with Gasteiger partial charge in [0.2, 0.25) is 0 Å². The molecule has 124 valence electrons. The molecule has 1 N–H and O–H groups in total. The molecule has 0 bridgehead atoms. The molecule has 0 aromatic carbocycles. The van der Waals surface area contributed by atoms with Crippen LogP contribution in [-0.4, -0.2) is 37.4 Å². The highest BCUT2D eigenvalue weighted by atomic mass is 16.5. The van der Waals surface area contributed by atoms with E-state index in [1.807, 2.05) is 13.8 Å².